The third-order valence-electron chi connectivity index (χ3n) is 5.47. The zero-order chi connectivity index (χ0) is 20.4. The number of likely N-dealkylation sites (tertiary alicyclic amines) is 1. The maximum atomic E-state index is 12.7. The quantitative estimate of drug-likeness (QED) is 0.734. The van der Waals surface area contributed by atoms with Crippen LogP contribution in [0, 0.1) is 5.92 Å². The number of fused-ring (bicyclic) bond motifs is 1. The normalized spacial score (nSPS) is 14.8. The summed E-state index contributed by atoms with van der Waals surface area (Å²) in [6.45, 7) is 1.45. The summed E-state index contributed by atoms with van der Waals surface area (Å²) in [5.41, 5.74) is 7.44. The van der Waals surface area contributed by atoms with Crippen LogP contribution < -0.4 is 11.3 Å². The van der Waals surface area contributed by atoms with Crippen molar-refractivity contribution >= 4 is 22.7 Å². The fraction of sp³-hybridized carbons (Fsp3) is 0.273. The molecule has 0 radical (unpaired) electrons. The first-order valence-corrected chi connectivity index (χ1v) is 9.64. The van der Waals surface area contributed by atoms with E-state index in [9.17, 15) is 14.4 Å². The van der Waals surface area contributed by atoms with Gasteiger partial charge in [0.1, 0.15) is 0 Å². The highest BCUT2D eigenvalue weighted by molar-refractivity contribution is 5.94. The van der Waals surface area contributed by atoms with Crippen LogP contribution in [0.5, 0.6) is 0 Å². The molecule has 1 aromatic heterocycles. The number of rotatable bonds is 4. The number of hydrogen-bond donors (Lipinski definition) is 1. The van der Waals surface area contributed by atoms with Gasteiger partial charge in [-0.2, -0.15) is 0 Å². The largest absolute Gasteiger partial charge is 0.369 e. The van der Waals surface area contributed by atoms with Gasteiger partial charge in [0.15, 0.2) is 0 Å². The average molecular weight is 390 g/mol. The van der Waals surface area contributed by atoms with Crippen molar-refractivity contribution in [3.05, 3.63) is 76.3 Å². The highest BCUT2D eigenvalue weighted by Crippen LogP contribution is 2.19. The van der Waals surface area contributed by atoms with E-state index < -0.39 is 0 Å². The second-order valence-corrected chi connectivity index (χ2v) is 7.36. The van der Waals surface area contributed by atoms with Crippen molar-refractivity contribution in [3.63, 3.8) is 0 Å². The predicted octanol–water partition coefficient (Wildman–Crippen LogP) is 1.78. The van der Waals surface area contributed by atoms with Crippen molar-refractivity contribution in [1.29, 1.82) is 0 Å². The molecule has 1 aliphatic heterocycles. The number of para-hydroxylation sites is 1. The monoisotopic (exact) mass is 390 g/mol. The Morgan fingerprint density at radius 2 is 1.72 bits per heavy atom. The number of nitrogens with zero attached hydrogens (tertiary/aromatic N) is 3. The Labute approximate surface area is 167 Å². The van der Waals surface area contributed by atoms with Gasteiger partial charge in [-0.15, -0.1) is 0 Å². The maximum absolute atomic E-state index is 12.7. The van der Waals surface area contributed by atoms with Crippen LogP contribution in [-0.4, -0.2) is 39.4 Å². The molecule has 7 heteroatoms. The lowest BCUT2D eigenvalue weighted by Gasteiger charge is -2.30. The fourth-order valence-electron chi connectivity index (χ4n) is 3.72. The molecule has 2 aromatic carbocycles. The molecule has 2 heterocycles. The van der Waals surface area contributed by atoms with Gasteiger partial charge >= 0.3 is 0 Å². The van der Waals surface area contributed by atoms with E-state index in [2.05, 4.69) is 4.98 Å². The van der Waals surface area contributed by atoms with Gasteiger partial charge in [-0.25, -0.2) is 4.98 Å². The summed E-state index contributed by atoms with van der Waals surface area (Å²) < 4.78 is 1.56. The molecule has 0 aliphatic carbocycles. The number of hydrogen-bond acceptors (Lipinski definition) is 4. The van der Waals surface area contributed by atoms with Gasteiger partial charge in [0, 0.05) is 24.6 Å². The molecule has 29 heavy (non-hydrogen) atoms. The van der Waals surface area contributed by atoms with Gasteiger partial charge in [0.25, 0.3) is 11.5 Å². The van der Waals surface area contributed by atoms with Gasteiger partial charge in [0.2, 0.25) is 5.91 Å². The second kappa shape index (κ2) is 7.87. The first-order valence-electron chi connectivity index (χ1n) is 9.64. The molecule has 2 amide bonds. The Morgan fingerprint density at radius 3 is 2.41 bits per heavy atom. The Hall–Kier alpha value is -3.48. The van der Waals surface area contributed by atoms with E-state index >= 15 is 0 Å². The number of nitrogens with two attached hydrogens (primary N) is 1. The molecule has 0 unspecified atom stereocenters. The van der Waals surface area contributed by atoms with Crippen LogP contribution in [0.25, 0.3) is 10.9 Å². The van der Waals surface area contributed by atoms with E-state index in [0.29, 0.717) is 48.9 Å². The highest BCUT2D eigenvalue weighted by atomic mass is 16.2. The summed E-state index contributed by atoms with van der Waals surface area (Å²) in [5, 5.41) is 0.584. The minimum atomic E-state index is -0.292. The lowest BCUT2D eigenvalue weighted by atomic mass is 9.96. The van der Waals surface area contributed by atoms with Crippen LogP contribution in [0.15, 0.2) is 59.7 Å². The molecule has 7 nitrogen and oxygen atoms in total. The smallest absolute Gasteiger partial charge is 0.261 e. The van der Waals surface area contributed by atoms with Gasteiger partial charge < -0.3 is 10.6 Å². The van der Waals surface area contributed by atoms with Crippen molar-refractivity contribution in [2.24, 2.45) is 11.7 Å². The molecule has 2 N–H and O–H groups in total. The fourth-order valence-corrected chi connectivity index (χ4v) is 3.72. The van der Waals surface area contributed by atoms with Crippen molar-refractivity contribution in [2.45, 2.75) is 19.4 Å². The molecule has 0 saturated carbocycles. The minimum absolute atomic E-state index is 0.0518. The first kappa shape index (κ1) is 18.9. The summed E-state index contributed by atoms with van der Waals surface area (Å²) in [7, 11) is 0. The number of primary amides is 1. The van der Waals surface area contributed by atoms with Crippen LogP contribution in [0.1, 0.15) is 28.8 Å². The number of carbonyl (C=O) groups excluding carboxylic acids is 2. The maximum Gasteiger partial charge on any atom is 0.261 e. The number of piperidine rings is 1. The number of benzene rings is 2. The highest BCUT2D eigenvalue weighted by Gasteiger charge is 2.26. The number of amides is 2. The molecule has 1 saturated heterocycles. The predicted molar refractivity (Wildman–Crippen MR) is 109 cm³/mol. The molecule has 0 spiro atoms. The Kier molecular flexibility index (Phi) is 5.12. The van der Waals surface area contributed by atoms with E-state index in [-0.39, 0.29) is 23.3 Å². The molecule has 1 aliphatic rings. The van der Waals surface area contributed by atoms with Crippen LogP contribution in [0.4, 0.5) is 0 Å². The SMILES string of the molecule is NC(=O)C1CCN(C(=O)c2ccc(Cn3cnc4ccccc4c3=O)cc2)CC1. The van der Waals surface area contributed by atoms with E-state index in [1.54, 1.807) is 34.0 Å². The van der Waals surface area contributed by atoms with E-state index in [0.717, 1.165) is 5.56 Å². The van der Waals surface area contributed by atoms with E-state index in [1.165, 1.54) is 0 Å². The van der Waals surface area contributed by atoms with Crippen molar-refractivity contribution in [3.8, 4) is 0 Å². The molecule has 3 aromatic rings. The Balaban J connectivity index is 1.46. The summed E-state index contributed by atoms with van der Waals surface area (Å²) >= 11 is 0. The molecule has 0 atom stereocenters. The van der Waals surface area contributed by atoms with Crippen LogP contribution in [0.2, 0.25) is 0 Å². The van der Waals surface area contributed by atoms with Crippen molar-refractivity contribution in [2.75, 3.05) is 13.1 Å². The average Bonchev–Trinajstić information content (AvgIpc) is 2.76. The molecule has 1 fully saturated rings. The van der Waals surface area contributed by atoms with Gasteiger partial charge in [-0.1, -0.05) is 24.3 Å². The van der Waals surface area contributed by atoms with Crippen molar-refractivity contribution in [1.82, 2.24) is 14.5 Å². The summed E-state index contributed by atoms with van der Waals surface area (Å²) in [6.07, 6.45) is 2.76. The topological polar surface area (TPSA) is 98.3 Å². The summed E-state index contributed by atoms with van der Waals surface area (Å²) in [4.78, 5) is 42.7. The van der Waals surface area contributed by atoms with Crippen LogP contribution >= 0.6 is 0 Å². The Morgan fingerprint density at radius 1 is 1.03 bits per heavy atom. The van der Waals surface area contributed by atoms with Crippen LogP contribution in [0.3, 0.4) is 0 Å². The van der Waals surface area contributed by atoms with Crippen molar-refractivity contribution < 1.29 is 9.59 Å². The minimum Gasteiger partial charge on any atom is -0.369 e. The van der Waals surface area contributed by atoms with E-state index in [1.807, 2.05) is 30.3 Å². The lowest BCUT2D eigenvalue weighted by Crippen LogP contribution is -2.41. The van der Waals surface area contributed by atoms with Gasteiger partial charge in [-0.3, -0.25) is 19.0 Å². The second-order valence-electron chi connectivity index (χ2n) is 7.36. The van der Waals surface area contributed by atoms with Gasteiger partial charge in [0.05, 0.1) is 23.8 Å². The molecular formula is C22H22N4O3. The standard InChI is InChI=1S/C22H22N4O3/c23-20(27)16-9-11-25(12-10-16)21(28)17-7-5-15(6-8-17)13-26-14-24-19-4-2-1-3-18(19)22(26)29/h1-8,14,16H,9-13H2,(H2,23,27). The number of carbonyl (C=O) groups is 2. The third kappa shape index (κ3) is 3.89. The zero-order valence-electron chi connectivity index (χ0n) is 16.0. The molecular weight excluding hydrogens is 368 g/mol. The summed E-state index contributed by atoms with van der Waals surface area (Å²) in [5.74, 6) is -0.487. The number of aromatic nitrogens is 2. The van der Waals surface area contributed by atoms with Gasteiger partial charge in [-0.05, 0) is 42.7 Å². The Bertz CT molecular complexity index is 1110. The zero-order valence-corrected chi connectivity index (χ0v) is 16.0. The third-order valence-corrected chi connectivity index (χ3v) is 5.47. The van der Waals surface area contributed by atoms with E-state index in [4.69, 9.17) is 5.73 Å². The lowest BCUT2D eigenvalue weighted by molar-refractivity contribution is -0.123. The summed E-state index contributed by atoms with van der Waals surface area (Å²) in [6, 6.07) is 14.5. The molecule has 0 bridgehead atoms. The van der Waals surface area contributed by atoms with Crippen LogP contribution in [-0.2, 0) is 11.3 Å². The molecule has 4 rings (SSSR count). The first-order chi connectivity index (χ1) is 14.0. The molecule has 148 valence electrons.